The van der Waals surface area contributed by atoms with Gasteiger partial charge < -0.3 is 40.7 Å². The van der Waals surface area contributed by atoms with E-state index in [2.05, 4.69) is 5.32 Å². The zero-order valence-electron chi connectivity index (χ0n) is 14.7. The summed E-state index contributed by atoms with van der Waals surface area (Å²) in [5.74, 6) is -0.291. The third-order valence-electron chi connectivity index (χ3n) is 4.65. The van der Waals surface area contributed by atoms with Crippen molar-refractivity contribution in [1.29, 1.82) is 0 Å². The van der Waals surface area contributed by atoms with E-state index >= 15 is 0 Å². The monoisotopic (exact) mass is 365 g/mol. The predicted octanol–water partition coefficient (Wildman–Crippen LogP) is -2.36. The van der Waals surface area contributed by atoms with Crippen LogP contribution in [0.15, 0.2) is 0 Å². The molecule has 148 valence electrons. The quantitative estimate of drug-likeness (QED) is 0.239. The summed E-state index contributed by atoms with van der Waals surface area (Å²) in [4.78, 5) is 11.7. The van der Waals surface area contributed by atoms with Gasteiger partial charge in [-0.05, 0) is 19.3 Å². The number of nitrogens with one attached hydrogen (secondary N) is 1. The predicted molar refractivity (Wildman–Crippen MR) is 87.5 cm³/mol. The highest BCUT2D eigenvalue weighted by Gasteiger charge is 2.43. The van der Waals surface area contributed by atoms with E-state index in [9.17, 15) is 35.4 Å². The number of rotatable bonds is 9. The molecule has 7 N–H and O–H groups in total. The Morgan fingerprint density at radius 2 is 1.68 bits per heavy atom. The van der Waals surface area contributed by atoms with Crippen LogP contribution in [0.4, 0.5) is 0 Å². The van der Waals surface area contributed by atoms with Gasteiger partial charge in [0.1, 0.15) is 24.4 Å². The first-order valence-electron chi connectivity index (χ1n) is 8.72. The topological polar surface area (TPSA) is 160 Å². The number of carbonyl (C=O) groups is 1. The van der Waals surface area contributed by atoms with Crippen LogP contribution < -0.4 is 5.32 Å². The molecule has 0 aromatic heterocycles. The Morgan fingerprint density at radius 3 is 2.20 bits per heavy atom. The minimum atomic E-state index is -1.47. The second kappa shape index (κ2) is 10.4. The van der Waals surface area contributed by atoms with Gasteiger partial charge in [0, 0.05) is 6.42 Å². The lowest BCUT2D eigenvalue weighted by molar-refractivity contribution is -0.231. The van der Waals surface area contributed by atoms with E-state index in [0.29, 0.717) is 6.42 Å². The minimum absolute atomic E-state index is 0.142. The van der Waals surface area contributed by atoms with Gasteiger partial charge in [0.2, 0.25) is 5.91 Å². The molecule has 0 aliphatic carbocycles. The smallest absolute Gasteiger partial charge is 0.220 e. The Morgan fingerprint density at radius 1 is 1.08 bits per heavy atom. The molecular weight excluding hydrogens is 334 g/mol. The summed E-state index contributed by atoms with van der Waals surface area (Å²) in [6.45, 7) is 2.84. The van der Waals surface area contributed by atoms with Crippen molar-refractivity contribution in [1.82, 2.24) is 5.32 Å². The van der Waals surface area contributed by atoms with Crippen LogP contribution in [-0.4, -0.2) is 91.9 Å². The molecule has 9 nitrogen and oxygen atoms in total. The molecular formula is C16H31NO8. The van der Waals surface area contributed by atoms with Gasteiger partial charge in [-0.1, -0.05) is 13.8 Å². The van der Waals surface area contributed by atoms with Gasteiger partial charge >= 0.3 is 0 Å². The molecule has 1 fully saturated rings. The SMILES string of the molecule is CCC(=O)N[C@@H](CC[C@@H]1OC(CO)[C@H](O)C(O)C1O)[C@H](O)[C@H](O)CC. The summed E-state index contributed by atoms with van der Waals surface area (Å²) in [5, 5.41) is 61.5. The van der Waals surface area contributed by atoms with Crippen molar-refractivity contribution in [3.63, 3.8) is 0 Å². The van der Waals surface area contributed by atoms with E-state index in [1.807, 2.05) is 0 Å². The number of carbonyl (C=O) groups excluding carboxylic acids is 1. The van der Waals surface area contributed by atoms with Crippen LogP contribution in [0.2, 0.25) is 0 Å². The van der Waals surface area contributed by atoms with Crippen molar-refractivity contribution < 1.29 is 40.2 Å². The van der Waals surface area contributed by atoms with E-state index < -0.39 is 55.4 Å². The lowest BCUT2D eigenvalue weighted by Crippen LogP contribution is -2.59. The van der Waals surface area contributed by atoms with Crippen LogP contribution in [0.25, 0.3) is 0 Å². The third kappa shape index (κ3) is 5.85. The molecule has 1 heterocycles. The maximum atomic E-state index is 11.7. The number of ether oxygens (including phenoxy) is 1. The average Bonchev–Trinajstić information content (AvgIpc) is 2.62. The molecule has 0 saturated carbocycles. The van der Waals surface area contributed by atoms with Crippen molar-refractivity contribution in [2.75, 3.05) is 6.61 Å². The molecule has 1 aliphatic heterocycles. The number of hydrogen-bond donors (Lipinski definition) is 7. The highest BCUT2D eigenvalue weighted by Crippen LogP contribution is 2.25. The summed E-state index contributed by atoms with van der Waals surface area (Å²) in [6.07, 6.45) is -7.52. The fourth-order valence-corrected chi connectivity index (χ4v) is 2.91. The maximum Gasteiger partial charge on any atom is 0.220 e. The van der Waals surface area contributed by atoms with E-state index in [1.165, 1.54) is 0 Å². The Kier molecular flexibility index (Phi) is 9.22. The fourth-order valence-electron chi connectivity index (χ4n) is 2.91. The molecule has 0 aromatic rings. The van der Waals surface area contributed by atoms with Crippen molar-refractivity contribution in [2.24, 2.45) is 0 Å². The first-order valence-corrected chi connectivity index (χ1v) is 8.72. The Balaban J connectivity index is 2.75. The van der Waals surface area contributed by atoms with E-state index in [-0.39, 0.29) is 25.2 Å². The second-order valence-corrected chi connectivity index (χ2v) is 6.44. The van der Waals surface area contributed by atoms with Crippen LogP contribution in [0.3, 0.4) is 0 Å². The Labute approximate surface area is 147 Å². The van der Waals surface area contributed by atoms with Crippen LogP contribution in [0, 0.1) is 0 Å². The van der Waals surface area contributed by atoms with E-state index in [4.69, 9.17) is 4.74 Å². The average molecular weight is 365 g/mol. The Hall–Kier alpha value is -0.810. The standard InChI is InChI=1S/C16H31NO8/c1-3-9(19)13(21)8(17-12(20)4-2)5-6-10-14(22)16(24)15(23)11(7-18)25-10/h8-11,13-16,18-19,21-24H,3-7H2,1-2H3,(H,17,20)/t8-,9+,10-,11?,13-,14?,15-,16?/m0/s1. The normalized spacial score (nSPS) is 33.5. The number of aliphatic hydroxyl groups is 6. The lowest BCUT2D eigenvalue weighted by atomic mass is 9.90. The van der Waals surface area contributed by atoms with Crippen LogP contribution in [0.5, 0.6) is 0 Å². The first-order chi connectivity index (χ1) is 11.8. The molecule has 1 rings (SSSR count). The molecule has 1 amide bonds. The van der Waals surface area contributed by atoms with E-state index in [0.717, 1.165) is 0 Å². The van der Waals surface area contributed by atoms with Crippen LogP contribution >= 0.6 is 0 Å². The third-order valence-corrected chi connectivity index (χ3v) is 4.65. The molecule has 0 radical (unpaired) electrons. The highest BCUT2D eigenvalue weighted by atomic mass is 16.5. The number of hydrogen-bond acceptors (Lipinski definition) is 8. The van der Waals surface area contributed by atoms with Crippen LogP contribution in [-0.2, 0) is 9.53 Å². The molecule has 8 atom stereocenters. The minimum Gasteiger partial charge on any atom is -0.394 e. The summed E-state index contributed by atoms with van der Waals surface area (Å²) in [7, 11) is 0. The number of aliphatic hydroxyl groups excluding tert-OH is 6. The summed E-state index contributed by atoms with van der Waals surface area (Å²) < 4.78 is 5.41. The highest BCUT2D eigenvalue weighted by molar-refractivity contribution is 5.75. The summed E-state index contributed by atoms with van der Waals surface area (Å²) in [6, 6.07) is -0.755. The Bertz CT molecular complexity index is 408. The molecule has 0 aromatic carbocycles. The van der Waals surface area contributed by atoms with Gasteiger partial charge in [-0.3, -0.25) is 4.79 Å². The molecule has 0 bridgehead atoms. The van der Waals surface area contributed by atoms with Crippen molar-refractivity contribution in [3.05, 3.63) is 0 Å². The second-order valence-electron chi connectivity index (χ2n) is 6.44. The molecule has 3 unspecified atom stereocenters. The van der Waals surface area contributed by atoms with Gasteiger partial charge in [0.15, 0.2) is 0 Å². The lowest BCUT2D eigenvalue weighted by Gasteiger charge is -2.40. The van der Waals surface area contributed by atoms with E-state index in [1.54, 1.807) is 13.8 Å². The van der Waals surface area contributed by atoms with Crippen molar-refractivity contribution >= 4 is 5.91 Å². The van der Waals surface area contributed by atoms with Crippen molar-refractivity contribution in [2.45, 2.75) is 88.3 Å². The zero-order valence-corrected chi connectivity index (χ0v) is 14.7. The molecule has 25 heavy (non-hydrogen) atoms. The van der Waals surface area contributed by atoms with Crippen LogP contribution in [0.1, 0.15) is 39.5 Å². The van der Waals surface area contributed by atoms with Gasteiger partial charge in [0.25, 0.3) is 0 Å². The summed E-state index contributed by atoms with van der Waals surface area (Å²) in [5.41, 5.74) is 0. The molecule has 0 spiro atoms. The molecule has 9 heteroatoms. The van der Waals surface area contributed by atoms with Gasteiger partial charge in [0.05, 0.1) is 31.0 Å². The zero-order chi connectivity index (χ0) is 19.1. The molecule has 1 aliphatic rings. The number of amides is 1. The largest absolute Gasteiger partial charge is 0.394 e. The maximum absolute atomic E-state index is 11.7. The fraction of sp³-hybridized carbons (Fsp3) is 0.938. The van der Waals surface area contributed by atoms with Gasteiger partial charge in [-0.25, -0.2) is 0 Å². The first kappa shape index (κ1) is 22.2. The van der Waals surface area contributed by atoms with Crippen molar-refractivity contribution in [3.8, 4) is 0 Å². The summed E-state index contributed by atoms with van der Waals surface area (Å²) >= 11 is 0. The molecule has 1 saturated heterocycles. The van der Waals surface area contributed by atoms with Gasteiger partial charge in [-0.15, -0.1) is 0 Å². The van der Waals surface area contributed by atoms with Gasteiger partial charge in [-0.2, -0.15) is 0 Å².